The van der Waals surface area contributed by atoms with Gasteiger partial charge >= 0.3 is 0 Å². The first kappa shape index (κ1) is 16.3. The van der Waals surface area contributed by atoms with Crippen molar-refractivity contribution < 1.29 is 9.53 Å². The number of fused-ring (bicyclic) bond motifs is 1. The third kappa shape index (κ3) is 3.06. The summed E-state index contributed by atoms with van der Waals surface area (Å²) in [5.41, 5.74) is 3.82. The Kier molecular flexibility index (Phi) is 4.16. The molecule has 0 saturated carbocycles. The summed E-state index contributed by atoms with van der Waals surface area (Å²) >= 11 is 0. The van der Waals surface area contributed by atoms with Crippen LogP contribution in [0.25, 0.3) is 0 Å². The van der Waals surface area contributed by atoms with E-state index in [1.165, 1.54) is 0 Å². The van der Waals surface area contributed by atoms with Gasteiger partial charge in [0.25, 0.3) is 5.91 Å². The van der Waals surface area contributed by atoms with Crippen LogP contribution in [-0.2, 0) is 13.2 Å². The zero-order valence-corrected chi connectivity index (χ0v) is 14.8. The average Bonchev–Trinajstić information content (AvgIpc) is 3.08. The smallest absolute Gasteiger partial charge is 0.277 e. The largest absolute Gasteiger partial charge is 0.472 e. The zero-order valence-electron chi connectivity index (χ0n) is 14.8. The van der Waals surface area contributed by atoms with Gasteiger partial charge in [0, 0.05) is 18.8 Å². The van der Waals surface area contributed by atoms with Gasteiger partial charge in [-0.15, -0.1) is 5.10 Å². The van der Waals surface area contributed by atoms with Gasteiger partial charge in [-0.05, 0) is 36.6 Å². The van der Waals surface area contributed by atoms with Crippen molar-refractivity contribution in [1.29, 1.82) is 0 Å². The summed E-state index contributed by atoms with van der Waals surface area (Å²) < 4.78 is 7.46. The average molecular weight is 348 g/mol. The molecular formula is C20H20N4O2. The van der Waals surface area contributed by atoms with Crippen LogP contribution in [0.3, 0.4) is 0 Å². The summed E-state index contributed by atoms with van der Waals surface area (Å²) in [7, 11) is 0. The van der Waals surface area contributed by atoms with Crippen LogP contribution in [0.1, 0.15) is 27.2 Å². The van der Waals surface area contributed by atoms with Crippen LogP contribution in [-0.4, -0.2) is 27.2 Å². The number of carbonyl (C=O) groups excluding carboxylic acids is 1. The summed E-state index contributed by atoms with van der Waals surface area (Å²) in [6.07, 6.45) is 1.80. The topological polar surface area (TPSA) is 60.3 Å². The Morgan fingerprint density at radius 2 is 1.88 bits per heavy atom. The molecule has 26 heavy (non-hydrogen) atoms. The Bertz CT molecular complexity index is 950. The van der Waals surface area contributed by atoms with Crippen LogP contribution in [0.4, 0.5) is 5.82 Å². The van der Waals surface area contributed by atoms with Crippen molar-refractivity contribution in [3.8, 4) is 5.88 Å². The van der Waals surface area contributed by atoms with E-state index in [1.807, 2.05) is 50.2 Å². The SMILES string of the molecule is Cc1cnc(N2CCn3nc(OCc4ccccc4)cc3C2=O)cc1C. The van der Waals surface area contributed by atoms with Crippen molar-refractivity contribution in [1.82, 2.24) is 14.8 Å². The van der Waals surface area contributed by atoms with E-state index in [2.05, 4.69) is 10.1 Å². The first-order valence-electron chi connectivity index (χ1n) is 8.61. The fourth-order valence-corrected chi connectivity index (χ4v) is 2.95. The van der Waals surface area contributed by atoms with Gasteiger partial charge in [-0.2, -0.15) is 0 Å². The van der Waals surface area contributed by atoms with Crippen LogP contribution in [0, 0.1) is 13.8 Å². The Labute approximate surface area is 152 Å². The molecule has 4 rings (SSSR count). The standard InChI is InChI=1S/C20H20N4O2/c1-14-10-18(21-12-15(14)2)23-8-9-24-17(20(23)25)11-19(22-24)26-13-16-6-4-3-5-7-16/h3-7,10-12H,8-9,13H2,1-2H3. The number of hydrogen-bond donors (Lipinski definition) is 0. The molecule has 2 aromatic heterocycles. The highest BCUT2D eigenvalue weighted by atomic mass is 16.5. The molecule has 3 heterocycles. The fraction of sp³-hybridized carbons (Fsp3) is 0.250. The number of ether oxygens (including phenoxy) is 1. The van der Waals surface area contributed by atoms with E-state index in [1.54, 1.807) is 21.8 Å². The Hall–Kier alpha value is -3.15. The van der Waals surface area contributed by atoms with Gasteiger partial charge in [0.05, 0.1) is 6.54 Å². The highest BCUT2D eigenvalue weighted by Crippen LogP contribution is 2.23. The van der Waals surface area contributed by atoms with E-state index in [9.17, 15) is 4.79 Å². The second-order valence-corrected chi connectivity index (χ2v) is 6.45. The molecule has 132 valence electrons. The Morgan fingerprint density at radius 1 is 1.08 bits per heavy atom. The minimum absolute atomic E-state index is 0.103. The molecule has 1 aliphatic rings. The quantitative estimate of drug-likeness (QED) is 0.727. The molecule has 0 radical (unpaired) electrons. The first-order valence-corrected chi connectivity index (χ1v) is 8.61. The van der Waals surface area contributed by atoms with Crippen molar-refractivity contribution in [2.45, 2.75) is 27.0 Å². The summed E-state index contributed by atoms with van der Waals surface area (Å²) in [4.78, 5) is 19.0. The predicted octanol–water partition coefficient (Wildman–Crippen LogP) is 3.13. The van der Waals surface area contributed by atoms with Gasteiger partial charge in [-0.3, -0.25) is 14.4 Å². The second kappa shape index (κ2) is 6.63. The number of pyridine rings is 1. The lowest BCUT2D eigenvalue weighted by Crippen LogP contribution is -2.41. The van der Waals surface area contributed by atoms with Crippen molar-refractivity contribution in [3.63, 3.8) is 0 Å². The number of anilines is 1. The molecule has 0 saturated heterocycles. The van der Waals surface area contributed by atoms with Crippen LogP contribution in [0.5, 0.6) is 5.88 Å². The maximum atomic E-state index is 12.9. The van der Waals surface area contributed by atoms with Gasteiger partial charge in [0.15, 0.2) is 0 Å². The number of carbonyl (C=O) groups is 1. The molecule has 3 aromatic rings. The van der Waals surface area contributed by atoms with Crippen LogP contribution in [0.15, 0.2) is 48.7 Å². The lowest BCUT2D eigenvalue weighted by molar-refractivity contribution is 0.0961. The van der Waals surface area contributed by atoms with E-state index in [-0.39, 0.29) is 5.91 Å². The zero-order chi connectivity index (χ0) is 18.1. The maximum absolute atomic E-state index is 12.9. The van der Waals surface area contributed by atoms with Crippen LogP contribution < -0.4 is 9.64 Å². The van der Waals surface area contributed by atoms with Gasteiger partial charge in [0.1, 0.15) is 18.1 Å². The number of benzene rings is 1. The molecular weight excluding hydrogens is 328 g/mol. The lowest BCUT2D eigenvalue weighted by atomic mass is 10.1. The number of nitrogens with zero attached hydrogens (tertiary/aromatic N) is 4. The molecule has 1 aliphatic heterocycles. The van der Waals surface area contributed by atoms with Gasteiger partial charge in [-0.1, -0.05) is 30.3 Å². The van der Waals surface area contributed by atoms with Crippen molar-refractivity contribution in [3.05, 3.63) is 71.0 Å². The molecule has 0 N–H and O–H groups in total. The fourth-order valence-electron chi connectivity index (χ4n) is 2.95. The third-order valence-corrected chi connectivity index (χ3v) is 4.62. The molecule has 0 aliphatic carbocycles. The molecule has 0 spiro atoms. The van der Waals surface area contributed by atoms with E-state index < -0.39 is 0 Å². The predicted molar refractivity (Wildman–Crippen MR) is 98.4 cm³/mol. The molecule has 1 amide bonds. The highest BCUT2D eigenvalue weighted by molar-refractivity contribution is 6.05. The molecule has 6 heteroatoms. The van der Waals surface area contributed by atoms with Crippen molar-refractivity contribution in [2.75, 3.05) is 11.4 Å². The van der Waals surface area contributed by atoms with Crippen LogP contribution >= 0.6 is 0 Å². The van der Waals surface area contributed by atoms with Gasteiger partial charge < -0.3 is 4.74 Å². The number of aryl methyl sites for hydroxylation is 2. The van der Waals surface area contributed by atoms with Gasteiger partial charge in [0.2, 0.25) is 5.88 Å². The summed E-state index contributed by atoms with van der Waals surface area (Å²) in [5.74, 6) is 1.04. The molecule has 0 bridgehead atoms. The minimum Gasteiger partial charge on any atom is -0.472 e. The van der Waals surface area contributed by atoms with Gasteiger partial charge in [-0.25, -0.2) is 4.98 Å². The molecule has 1 aromatic carbocycles. The summed E-state index contributed by atoms with van der Waals surface area (Å²) in [5, 5.41) is 4.40. The maximum Gasteiger partial charge on any atom is 0.277 e. The first-order chi connectivity index (χ1) is 12.6. The van der Waals surface area contributed by atoms with Crippen LogP contribution in [0.2, 0.25) is 0 Å². The number of aromatic nitrogens is 3. The van der Waals surface area contributed by atoms with E-state index in [4.69, 9.17) is 4.74 Å². The lowest BCUT2D eigenvalue weighted by Gasteiger charge is -2.26. The van der Waals surface area contributed by atoms with E-state index >= 15 is 0 Å². The Morgan fingerprint density at radius 3 is 2.65 bits per heavy atom. The summed E-state index contributed by atoms with van der Waals surface area (Å²) in [6.45, 7) is 5.61. The minimum atomic E-state index is -0.103. The second-order valence-electron chi connectivity index (χ2n) is 6.45. The van der Waals surface area contributed by atoms with E-state index in [0.717, 1.165) is 16.7 Å². The number of amides is 1. The normalized spacial score (nSPS) is 13.6. The number of hydrogen-bond acceptors (Lipinski definition) is 4. The van der Waals surface area contributed by atoms with Crippen molar-refractivity contribution >= 4 is 11.7 Å². The van der Waals surface area contributed by atoms with E-state index in [0.29, 0.717) is 37.1 Å². The monoisotopic (exact) mass is 348 g/mol. The van der Waals surface area contributed by atoms with Crippen molar-refractivity contribution in [2.24, 2.45) is 0 Å². The molecule has 0 atom stereocenters. The third-order valence-electron chi connectivity index (χ3n) is 4.62. The Balaban J connectivity index is 1.53. The molecule has 0 fully saturated rings. The number of rotatable bonds is 4. The summed E-state index contributed by atoms with van der Waals surface area (Å²) in [6, 6.07) is 13.5. The molecule has 6 nitrogen and oxygen atoms in total. The molecule has 0 unspecified atom stereocenters. The highest BCUT2D eigenvalue weighted by Gasteiger charge is 2.28.